The van der Waals surface area contributed by atoms with Crippen LogP contribution in [0.15, 0.2) is 36.4 Å². The summed E-state index contributed by atoms with van der Waals surface area (Å²) in [5.74, 6) is 0.0693. The van der Waals surface area contributed by atoms with Crippen molar-refractivity contribution >= 4 is 29.7 Å². The Bertz CT molecular complexity index is 487. The van der Waals surface area contributed by atoms with Gasteiger partial charge in [0.15, 0.2) is 0 Å². The van der Waals surface area contributed by atoms with Gasteiger partial charge in [0.1, 0.15) is 6.04 Å². The zero-order valence-electron chi connectivity index (χ0n) is 10.4. The zero-order chi connectivity index (χ0) is 13.7. The maximum absolute atomic E-state index is 12.1. The number of thioether (sulfide) groups is 1. The number of rotatable bonds is 3. The maximum atomic E-state index is 12.1. The quantitative estimate of drug-likeness (QED) is 0.855. The van der Waals surface area contributed by atoms with Gasteiger partial charge in [-0.3, -0.25) is 4.79 Å². The molecule has 4 nitrogen and oxygen atoms in total. The molecule has 2 rings (SSSR count). The summed E-state index contributed by atoms with van der Waals surface area (Å²) < 4.78 is 0. The molecular formula is C14H15NO3S. The van der Waals surface area contributed by atoms with Crippen LogP contribution in [0.5, 0.6) is 0 Å². The van der Waals surface area contributed by atoms with Crippen molar-refractivity contribution in [1.82, 2.24) is 4.90 Å². The fourth-order valence-electron chi connectivity index (χ4n) is 1.90. The van der Waals surface area contributed by atoms with Crippen LogP contribution in [0, 0.1) is 0 Å². The first kappa shape index (κ1) is 13.7. The fourth-order valence-corrected chi connectivity index (χ4v) is 2.94. The smallest absolute Gasteiger partial charge is 0.327 e. The van der Waals surface area contributed by atoms with Crippen LogP contribution >= 0.6 is 11.8 Å². The van der Waals surface area contributed by atoms with E-state index >= 15 is 0 Å². The molecule has 1 atom stereocenters. The lowest BCUT2D eigenvalue weighted by Crippen LogP contribution is -2.49. The summed E-state index contributed by atoms with van der Waals surface area (Å²) in [4.78, 5) is 24.6. The monoisotopic (exact) mass is 277 g/mol. The standard InChI is InChI=1S/C14H15NO3S/c16-13(7-6-11-4-2-1-3-5-11)15-8-9-19-10-12(15)14(17)18/h1-7,12H,8-10H2,(H,17,18)/b7-6+. The van der Waals surface area contributed by atoms with Gasteiger partial charge in [-0.05, 0) is 11.6 Å². The van der Waals surface area contributed by atoms with E-state index in [9.17, 15) is 9.59 Å². The molecule has 0 aromatic heterocycles. The molecule has 19 heavy (non-hydrogen) atoms. The van der Waals surface area contributed by atoms with Crippen molar-refractivity contribution in [2.24, 2.45) is 0 Å². The predicted octanol–water partition coefficient (Wildman–Crippen LogP) is 1.73. The minimum absolute atomic E-state index is 0.239. The molecule has 0 spiro atoms. The maximum Gasteiger partial charge on any atom is 0.327 e. The van der Waals surface area contributed by atoms with Crippen LogP contribution in [0.4, 0.5) is 0 Å². The number of carboxylic acid groups (broad SMARTS) is 1. The van der Waals surface area contributed by atoms with E-state index < -0.39 is 12.0 Å². The molecule has 1 aliphatic rings. The molecule has 1 amide bonds. The first-order valence-electron chi connectivity index (χ1n) is 6.03. The van der Waals surface area contributed by atoms with E-state index in [0.29, 0.717) is 12.3 Å². The summed E-state index contributed by atoms with van der Waals surface area (Å²) in [6.45, 7) is 0.486. The van der Waals surface area contributed by atoms with Crippen molar-refractivity contribution in [2.45, 2.75) is 6.04 Å². The Morgan fingerprint density at radius 2 is 2.05 bits per heavy atom. The zero-order valence-corrected chi connectivity index (χ0v) is 11.2. The molecule has 0 radical (unpaired) electrons. The minimum atomic E-state index is -0.936. The van der Waals surface area contributed by atoms with E-state index in [0.717, 1.165) is 11.3 Å². The molecule has 5 heteroatoms. The van der Waals surface area contributed by atoms with Crippen LogP contribution in [0.25, 0.3) is 6.08 Å². The molecule has 0 bridgehead atoms. The van der Waals surface area contributed by atoms with Crippen molar-refractivity contribution in [3.8, 4) is 0 Å². The van der Waals surface area contributed by atoms with Crippen molar-refractivity contribution < 1.29 is 14.7 Å². The molecule has 1 fully saturated rings. The SMILES string of the molecule is O=C(O)C1CSCCN1C(=O)/C=C/c1ccccc1. The first-order valence-corrected chi connectivity index (χ1v) is 7.18. The molecular weight excluding hydrogens is 262 g/mol. The molecule has 1 unspecified atom stereocenters. The third kappa shape index (κ3) is 3.61. The molecule has 1 aromatic rings. The minimum Gasteiger partial charge on any atom is -0.480 e. The van der Waals surface area contributed by atoms with Crippen LogP contribution in [0.3, 0.4) is 0 Å². The van der Waals surface area contributed by atoms with Crippen molar-refractivity contribution in [2.75, 3.05) is 18.1 Å². The van der Waals surface area contributed by atoms with Crippen molar-refractivity contribution in [3.63, 3.8) is 0 Å². The van der Waals surface area contributed by atoms with Gasteiger partial charge in [0.05, 0.1) is 0 Å². The fraction of sp³-hybridized carbons (Fsp3) is 0.286. The molecule has 0 aliphatic carbocycles. The number of hydrogen-bond acceptors (Lipinski definition) is 3. The normalized spacial score (nSPS) is 19.6. The highest BCUT2D eigenvalue weighted by atomic mass is 32.2. The molecule has 1 N–H and O–H groups in total. The Labute approximate surface area is 116 Å². The van der Waals surface area contributed by atoms with Gasteiger partial charge in [0.2, 0.25) is 5.91 Å². The van der Waals surface area contributed by atoms with Crippen LogP contribution < -0.4 is 0 Å². The molecule has 0 saturated carbocycles. The third-order valence-electron chi connectivity index (χ3n) is 2.91. The number of carbonyl (C=O) groups excluding carboxylic acids is 1. The second-order valence-electron chi connectivity index (χ2n) is 4.20. The Morgan fingerprint density at radius 1 is 1.32 bits per heavy atom. The highest BCUT2D eigenvalue weighted by molar-refractivity contribution is 7.99. The van der Waals surface area contributed by atoms with E-state index in [1.54, 1.807) is 17.8 Å². The highest BCUT2D eigenvalue weighted by Crippen LogP contribution is 2.17. The number of carboxylic acids is 1. The lowest BCUT2D eigenvalue weighted by atomic mass is 10.2. The van der Waals surface area contributed by atoms with E-state index in [2.05, 4.69) is 0 Å². The van der Waals surface area contributed by atoms with Crippen molar-refractivity contribution in [1.29, 1.82) is 0 Å². The molecule has 100 valence electrons. The number of amides is 1. The Balaban J connectivity index is 2.06. The van der Waals surface area contributed by atoms with Crippen LogP contribution in [0.2, 0.25) is 0 Å². The number of aliphatic carboxylic acids is 1. The second-order valence-corrected chi connectivity index (χ2v) is 5.35. The van der Waals surface area contributed by atoms with E-state index in [-0.39, 0.29) is 5.91 Å². The Kier molecular flexibility index (Phi) is 4.63. The first-order chi connectivity index (χ1) is 9.18. The van der Waals surface area contributed by atoms with Gasteiger partial charge in [0, 0.05) is 24.1 Å². The van der Waals surface area contributed by atoms with Gasteiger partial charge in [-0.15, -0.1) is 0 Å². The van der Waals surface area contributed by atoms with Crippen LogP contribution in [-0.2, 0) is 9.59 Å². The lowest BCUT2D eigenvalue weighted by molar-refractivity contribution is -0.147. The van der Waals surface area contributed by atoms with Crippen LogP contribution in [0.1, 0.15) is 5.56 Å². The van der Waals surface area contributed by atoms with E-state index in [4.69, 9.17) is 5.11 Å². The Morgan fingerprint density at radius 3 is 2.74 bits per heavy atom. The van der Waals surface area contributed by atoms with Gasteiger partial charge in [-0.1, -0.05) is 30.3 Å². The van der Waals surface area contributed by atoms with Gasteiger partial charge in [-0.25, -0.2) is 4.79 Å². The lowest BCUT2D eigenvalue weighted by Gasteiger charge is -2.31. The van der Waals surface area contributed by atoms with Gasteiger partial charge < -0.3 is 10.0 Å². The number of hydrogen-bond donors (Lipinski definition) is 1. The summed E-state index contributed by atoms with van der Waals surface area (Å²) in [6, 6.07) is 8.76. The van der Waals surface area contributed by atoms with Gasteiger partial charge in [-0.2, -0.15) is 11.8 Å². The topological polar surface area (TPSA) is 57.6 Å². The van der Waals surface area contributed by atoms with Crippen LogP contribution in [-0.4, -0.2) is 46.0 Å². The van der Waals surface area contributed by atoms with E-state index in [1.165, 1.54) is 11.0 Å². The molecule has 1 aliphatic heterocycles. The number of nitrogens with zero attached hydrogens (tertiary/aromatic N) is 1. The highest BCUT2D eigenvalue weighted by Gasteiger charge is 2.31. The summed E-state index contributed by atoms with van der Waals surface area (Å²) in [5, 5.41) is 9.11. The number of benzene rings is 1. The van der Waals surface area contributed by atoms with Crippen molar-refractivity contribution in [3.05, 3.63) is 42.0 Å². The summed E-state index contributed by atoms with van der Waals surface area (Å²) >= 11 is 1.57. The molecule has 1 saturated heterocycles. The van der Waals surface area contributed by atoms with Gasteiger partial charge in [0.25, 0.3) is 0 Å². The predicted molar refractivity (Wildman–Crippen MR) is 75.9 cm³/mol. The Hall–Kier alpha value is -1.75. The summed E-state index contributed by atoms with van der Waals surface area (Å²) in [7, 11) is 0. The molecule has 1 aromatic carbocycles. The number of carbonyl (C=O) groups is 2. The van der Waals surface area contributed by atoms with Gasteiger partial charge >= 0.3 is 5.97 Å². The van der Waals surface area contributed by atoms with E-state index in [1.807, 2.05) is 30.3 Å². The molecule has 1 heterocycles. The summed E-state index contributed by atoms with van der Waals surface area (Å²) in [5.41, 5.74) is 0.925. The third-order valence-corrected chi connectivity index (χ3v) is 3.94. The average molecular weight is 277 g/mol. The average Bonchev–Trinajstić information content (AvgIpc) is 2.46. The second kappa shape index (κ2) is 6.43. The summed E-state index contributed by atoms with van der Waals surface area (Å²) in [6.07, 6.45) is 3.16. The largest absolute Gasteiger partial charge is 0.480 e.